The van der Waals surface area contributed by atoms with Crippen molar-refractivity contribution in [1.82, 2.24) is 0 Å². The van der Waals surface area contributed by atoms with Crippen LogP contribution in [0.4, 0.5) is 26.3 Å². The molecule has 0 amide bonds. The van der Waals surface area contributed by atoms with Crippen LogP contribution in [-0.4, -0.2) is 0 Å². The van der Waals surface area contributed by atoms with E-state index in [0.717, 1.165) is 24.3 Å². The molecule has 6 heteroatoms. The predicted octanol–water partition coefficient (Wildman–Crippen LogP) is 4.84. The van der Waals surface area contributed by atoms with E-state index in [2.05, 4.69) is 0 Å². The van der Waals surface area contributed by atoms with Crippen molar-refractivity contribution in [2.75, 3.05) is 0 Å². The Morgan fingerprint density at radius 3 is 1.00 bits per heavy atom. The molecule has 0 aliphatic rings. The SMILES string of the molecule is C.Fc1ccc(F)c(F)c1.Fc1ccc(F)c(F)c1. The lowest BCUT2D eigenvalue weighted by Gasteiger charge is -1.88. The quantitative estimate of drug-likeness (QED) is 0.478. The zero-order valence-corrected chi connectivity index (χ0v) is 8.73. The monoisotopic (exact) mass is 280 g/mol. The zero-order chi connectivity index (χ0) is 13.7. The topological polar surface area (TPSA) is 0 Å². The molecule has 0 fully saturated rings. The van der Waals surface area contributed by atoms with E-state index in [1.54, 1.807) is 0 Å². The number of rotatable bonds is 0. The Labute approximate surface area is 106 Å². The molecule has 0 bridgehead atoms. The molecule has 0 nitrogen and oxygen atoms in total. The molecule has 0 radical (unpaired) electrons. The summed E-state index contributed by atoms with van der Waals surface area (Å²) in [6.07, 6.45) is 0. The van der Waals surface area contributed by atoms with Crippen molar-refractivity contribution in [3.8, 4) is 0 Å². The van der Waals surface area contributed by atoms with Crippen LogP contribution in [0.2, 0.25) is 0 Å². The molecule has 0 aromatic heterocycles. The lowest BCUT2D eigenvalue weighted by Crippen LogP contribution is -1.83. The van der Waals surface area contributed by atoms with E-state index in [0.29, 0.717) is 12.1 Å². The van der Waals surface area contributed by atoms with Gasteiger partial charge in [-0.2, -0.15) is 0 Å². The fraction of sp³-hybridized carbons (Fsp3) is 0.0769. The van der Waals surface area contributed by atoms with Crippen LogP contribution < -0.4 is 0 Å². The molecule has 0 saturated carbocycles. The Morgan fingerprint density at radius 2 is 0.789 bits per heavy atom. The highest BCUT2D eigenvalue weighted by Crippen LogP contribution is 2.06. The highest BCUT2D eigenvalue weighted by atomic mass is 19.2. The molecule has 0 heterocycles. The summed E-state index contributed by atoms with van der Waals surface area (Å²) in [5.41, 5.74) is 0. The minimum absolute atomic E-state index is 0. The summed E-state index contributed by atoms with van der Waals surface area (Å²) >= 11 is 0. The summed E-state index contributed by atoms with van der Waals surface area (Å²) in [6.45, 7) is 0. The second-order valence-corrected chi connectivity index (χ2v) is 3.12. The van der Waals surface area contributed by atoms with Gasteiger partial charge < -0.3 is 0 Å². The molecule has 2 rings (SSSR count). The van der Waals surface area contributed by atoms with Gasteiger partial charge in [-0.15, -0.1) is 0 Å². The first-order valence-electron chi connectivity index (χ1n) is 4.61. The normalized spacial score (nSPS) is 9.16. The molecule has 19 heavy (non-hydrogen) atoms. The molecule has 0 spiro atoms. The van der Waals surface area contributed by atoms with Crippen molar-refractivity contribution < 1.29 is 26.3 Å². The largest absolute Gasteiger partial charge is 0.207 e. The molecule has 2 aromatic carbocycles. The number of hydrogen-bond donors (Lipinski definition) is 0. The molecule has 0 atom stereocenters. The zero-order valence-electron chi connectivity index (χ0n) is 8.73. The predicted molar refractivity (Wildman–Crippen MR) is 59.4 cm³/mol. The fourth-order valence-electron chi connectivity index (χ4n) is 0.941. The molecule has 0 aliphatic heterocycles. The van der Waals surface area contributed by atoms with Gasteiger partial charge >= 0.3 is 0 Å². The van der Waals surface area contributed by atoms with Gasteiger partial charge in [0.15, 0.2) is 23.3 Å². The van der Waals surface area contributed by atoms with E-state index >= 15 is 0 Å². The van der Waals surface area contributed by atoms with Crippen LogP contribution in [-0.2, 0) is 0 Å². The van der Waals surface area contributed by atoms with Crippen LogP contribution in [0.5, 0.6) is 0 Å². The maximum atomic E-state index is 12.0. The van der Waals surface area contributed by atoms with Crippen molar-refractivity contribution >= 4 is 0 Å². The van der Waals surface area contributed by atoms with E-state index in [1.807, 2.05) is 0 Å². The summed E-state index contributed by atoms with van der Waals surface area (Å²) in [4.78, 5) is 0. The molecule has 0 N–H and O–H groups in total. The number of halogens is 6. The van der Waals surface area contributed by atoms with Crippen molar-refractivity contribution in [1.29, 1.82) is 0 Å². The standard InChI is InChI=1S/2C6H3F3.CH4/c2*7-4-1-2-5(8)6(9)3-4;/h2*1-3H;1H4. The van der Waals surface area contributed by atoms with Crippen molar-refractivity contribution in [3.05, 3.63) is 71.3 Å². The third kappa shape index (κ3) is 5.46. The van der Waals surface area contributed by atoms with E-state index in [4.69, 9.17) is 0 Å². The molecular formula is C13H10F6. The third-order valence-electron chi connectivity index (χ3n) is 1.76. The lowest BCUT2D eigenvalue weighted by molar-refractivity contribution is 0.495. The first kappa shape index (κ1) is 17.0. The molecule has 2 aromatic rings. The smallest absolute Gasteiger partial charge is 0.161 e. The molecular weight excluding hydrogens is 270 g/mol. The van der Waals surface area contributed by atoms with Gasteiger partial charge in [-0.25, -0.2) is 26.3 Å². The molecule has 0 unspecified atom stereocenters. The van der Waals surface area contributed by atoms with Crippen molar-refractivity contribution in [3.63, 3.8) is 0 Å². The van der Waals surface area contributed by atoms with E-state index in [9.17, 15) is 26.3 Å². The van der Waals surface area contributed by atoms with Gasteiger partial charge in [-0.1, -0.05) is 7.43 Å². The fourth-order valence-corrected chi connectivity index (χ4v) is 0.941. The summed E-state index contributed by atoms with van der Waals surface area (Å²) in [6, 6.07) is 4.19. The first-order chi connectivity index (χ1) is 8.40. The second-order valence-electron chi connectivity index (χ2n) is 3.12. The van der Waals surface area contributed by atoms with E-state index < -0.39 is 34.9 Å². The Hall–Kier alpha value is -1.98. The highest BCUT2D eigenvalue weighted by Gasteiger charge is 2.00. The van der Waals surface area contributed by atoms with Crippen molar-refractivity contribution in [2.45, 2.75) is 7.43 Å². The average molecular weight is 280 g/mol. The Balaban J connectivity index is 0.000000324. The van der Waals surface area contributed by atoms with Crippen LogP contribution >= 0.6 is 0 Å². The molecule has 0 aliphatic carbocycles. The maximum absolute atomic E-state index is 12.0. The minimum atomic E-state index is -1.16. The number of benzene rings is 2. The summed E-state index contributed by atoms with van der Waals surface area (Å²) < 4.78 is 71.7. The van der Waals surface area contributed by atoms with Crippen LogP contribution in [0.15, 0.2) is 36.4 Å². The first-order valence-corrected chi connectivity index (χ1v) is 4.61. The van der Waals surface area contributed by atoms with Crippen LogP contribution in [0.1, 0.15) is 7.43 Å². The van der Waals surface area contributed by atoms with Gasteiger partial charge in [-0.3, -0.25) is 0 Å². The van der Waals surface area contributed by atoms with E-state index in [-0.39, 0.29) is 7.43 Å². The second kappa shape index (κ2) is 7.45. The number of hydrogen-bond acceptors (Lipinski definition) is 0. The van der Waals surface area contributed by atoms with Crippen molar-refractivity contribution in [2.24, 2.45) is 0 Å². The molecule has 0 saturated heterocycles. The summed E-state index contributed by atoms with van der Waals surface area (Å²) in [5, 5.41) is 0. The van der Waals surface area contributed by atoms with Crippen LogP contribution in [0, 0.1) is 34.9 Å². The maximum Gasteiger partial charge on any atom is 0.161 e. The van der Waals surface area contributed by atoms with Gasteiger partial charge in [0, 0.05) is 12.1 Å². The Morgan fingerprint density at radius 1 is 0.474 bits per heavy atom. The minimum Gasteiger partial charge on any atom is -0.207 e. The average Bonchev–Trinajstić information content (AvgIpc) is 2.30. The summed E-state index contributed by atoms with van der Waals surface area (Å²) in [5.74, 6) is -5.92. The highest BCUT2D eigenvalue weighted by molar-refractivity contribution is 5.08. The van der Waals surface area contributed by atoms with Gasteiger partial charge in [0.2, 0.25) is 0 Å². The van der Waals surface area contributed by atoms with Crippen LogP contribution in [0.25, 0.3) is 0 Å². The Kier molecular flexibility index (Phi) is 6.68. The Bertz CT molecular complexity index is 489. The van der Waals surface area contributed by atoms with E-state index in [1.165, 1.54) is 0 Å². The van der Waals surface area contributed by atoms with Crippen LogP contribution in [0.3, 0.4) is 0 Å². The van der Waals surface area contributed by atoms with Gasteiger partial charge in [0.25, 0.3) is 0 Å². The van der Waals surface area contributed by atoms with Gasteiger partial charge in [-0.05, 0) is 24.3 Å². The molecule has 104 valence electrons. The summed E-state index contributed by atoms with van der Waals surface area (Å²) in [7, 11) is 0. The van der Waals surface area contributed by atoms with Gasteiger partial charge in [0.1, 0.15) is 11.6 Å². The van der Waals surface area contributed by atoms with Gasteiger partial charge in [0.05, 0.1) is 0 Å². The third-order valence-corrected chi connectivity index (χ3v) is 1.76. The lowest BCUT2D eigenvalue weighted by atomic mass is 10.3.